The maximum Gasteiger partial charge on any atom is 0.224 e. The highest BCUT2D eigenvalue weighted by Crippen LogP contribution is 2.20. The zero-order valence-corrected chi connectivity index (χ0v) is 11.6. The smallest absolute Gasteiger partial charge is 0.224 e. The number of hydrogen-bond acceptors (Lipinski definition) is 3. The van der Waals surface area contributed by atoms with Gasteiger partial charge in [-0.1, -0.05) is 13.8 Å². The predicted molar refractivity (Wildman–Crippen MR) is 71.2 cm³/mol. The van der Waals surface area contributed by atoms with Crippen LogP contribution in [0.25, 0.3) is 0 Å². The van der Waals surface area contributed by atoms with Gasteiger partial charge in [0.05, 0.1) is 0 Å². The maximum atomic E-state index is 11.8. The normalized spacial score (nSPS) is 20.2. The van der Waals surface area contributed by atoms with E-state index in [1.165, 1.54) is 0 Å². The van der Waals surface area contributed by atoms with Crippen molar-refractivity contribution in [2.24, 2.45) is 17.6 Å². The molecule has 0 aromatic rings. The molecule has 1 rings (SSSR count). The third-order valence-corrected chi connectivity index (χ3v) is 3.40. The molecule has 17 heavy (non-hydrogen) atoms. The second kappa shape index (κ2) is 8.72. The molecule has 0 spiro atoms. The van der Waals surface area contributed by atoms with Crippen LogP contribution in [0.2, 0.25) is 0 Å². The molecule has 0 aromatic heterocycles. The molecular formula is C12H25ClN2O2. The third kappa shape index (κ3) is 5.23. The summed E-state index contributed by atoms with van der Waals surface area (Å²) >= 11 is 0. The molecule has 0 saturated carbocycles. The lowest BCUT2D eigenvalue weighted by atomic mass is 9.90. The quantitative estimate of drug-likeness (QED) is 0.787. The fourth-order valence-corrected chi connectivity index (χ4v) is 2.10. The van der Waals surface area contributed by atoms with Gasteiger partial charge in [-0.3, -0.25) is 4.79 Å². The fraction of sp³-hybridized carbons (Fsp3) is 0.917. The number of ether oxygens (including phenoxy) is 1. The molecule has 3 N–H and O–H groups in total. The minimum absolute atomic E-state index is 0. The second-order valence-electron chi connectivity index (χ2n) is 4.61. The Morgan fingerprint density at radius 1 is 1.47 bits per heavy atom. The Hall–Kier alpha value is -0.320. The van der Waals surface area contributed by atoms with E-state index in [2.05, 4.69) is 12.2 Å². The average molecular weight is 265 g/mol. The van der Waals surface area contributed by atoms with Crippen LogP contribution in [0.5, 0.6) is 0 Å². The van der Waals surface area contributed by atoms with Crippen molar-refractivity contribution in [1.29, 1.82) is 0 Å². The van der Waals surface area contributed by atoms with Crippen molar-refractivity contribution < 1.29 is 9.53 Å². The Kier molecular flexibility index (Phi) is 8.56. The third-order valence-electron chi connectivity index (χ3n) is 3.40. The van der Waals surface area contributed by atoms with Crippen LogP contribution in [0.3, 0.4) is 0 Å². The van der Waals surface area contributed by atoms with E-state index in [9.17, 15) is 4.79 Å². The standard InChI is InChI=1S/C12H24N2O2.ClH/c1-3-11(10-4-6-16-7-5-10)14-12(15)9(2)8-13;/h9-11H,3-8,13H2,1-2H3,(H,14,15);1H. The van der Waals surface area contributed by atoms with Gasteiger partial charge in [-0.25, -0.2) is 0 Å². The summed E-state index contributed by atoms with van der Waals surface area (Å²) in [5, 5.41) is 3.11. The van der Waals surface area contributed by atoms with Crippen molar-refractivity contribution in [2.45, 2.75) is 39.2 Å². The number of amides is 1. The molecule has 1 heterocycles. The molecule has 2 atom stereocenters. The lowest BCUT2D eigenvalue weighted by Crippen LogP contribution is -2.45. The van der Waals surface area contributed by atoms with E-state index >= 15 is 0 Å². The van der Waals surface area contributed by atoms with Crippen LogP contribution < -0.4 is 11.1 Å². The van der Waals surface area contributed by atoms with Crippen LogP contribution in [0.15, 0.2) is 0 Å². The van der Waals surface area contributed by atoms with Crippen molar-refractivity contribution >= 4 is 18.3 Å². The van der Waals surface area contributed by atoms with Crippen LogP contribution in [0.1, 0.15) is 33.1 Å². The molecule has 0 bridgehead atoms. The largest absolute Gasteiger partial charge is 0.381 e. The first-order valence-electron chi connectivity index (χ1n) is 6.27. The van der Waals surface area contributed by atoms with Gasteiger partial charge in [0.1, 0.15) is 0 Å². The summed E-state index contributed by atoms with van der Waals surface area (Å²) in [6, 6.07) is 0.283. The van der Waals surface area contributed by atoms with Crippen molar-refractivity contribution in [3.05, 3.63) is 0 Å². The molecule has 2 unspecified atom stereocenters. The molecule has 1 saturated heterocycles. The van der Waals surface area contributed by atoms with Crippen LogP contribution in [-0.2, 0) is 9.53 Å². The summed E-state index contributed by atoms with van der Waals surface area (Å²) in [6.07, 6.45) is 3.08. The van der Waals surface area contributed by atoms with E-state index in [4.69, 9.17) is 10.5 Å². The van der Waals surface area contributed by atoms with Gasteiger partial charge in [0.2, 0.25) is 5.91 Å². The van der Waals surface area contributed by atoms with Gasteiger partial charge in [0.25, 0.3) is 0 Å². The summed E-state index contributed by atoms with van der Waals surface area (Å²) in [7, 11) is 0. The molecular weight excluding hydrogens is 240 g/mol. The second-order valence-corrected chi connectivity index (χ2v) is 4.61. The Balaban J connectivity index is 0.00000256. The highest BCUT2D eigenvalue weighted by Gasteiger charge is 2.25. The molecule has 1 aliphatic rings. The summed E-state index contributed by atoms with van der Waals surface area (Å²) in [6.45, 7) is 6.04. The first kappa shape index (κ1) is 16.7. The molecule has 1 fully saturated rings. The minimum atomic E-state index is -0.0890. The SMILES string of the molecule is CCC(NC(=O)C(C)CN)C1CCOCC1.Cl. The molecule has 0 aliphatic carbocycles. The first-order chi connectivity index (χ1) is 7.69. The Morgan fingerprint density at radius 2 is 2.06 bits per heavy atom. The van der Waals surface area contributed by atoms with Gasteiger partial charge in [-0.15, -0.1) is 12.4 Å². The molecule has 0 aromatic carbocycles. The van der Waals surface area contributed by atoms with Gasteiger partial charge in [-0.2, -0.15) is 0 Å². The molecule has 102 valence electrons. The molecule has 0 radical (unpaired) electrons. The van der Waals surface area contributed by atoms with E-state index < -0.39 is 0 Å². The number of nitrogens with two attached hydrogens (primary N) is 1. The van der Waals surface area contributed by atoms with Crippen molar-refractivity contribution in [3.63, 3.8) is 0 Å². The summed E-state index contributed by atoms with van der Waals surface area (Å²) in [5.41, 5.74) is 5.49. The van der Waals surface area contributed by atoms with Crippen LogP contribution in [0, 0.1) is 11.8 Å². The Bertz CT molecular complexity index is 221. The zero-order valence-electron chi connectivity index (χ0n) is 10.8. The van der Waals surface area contributed by atoms with Crippen LogP contribution in [-0.4, -0.2) is 31.7 Å². The summed E-state index contributed by atoms with van der Waals surface area (Å²) in [4.78, 5) is 11.8. The highest BCUT2D eigenvalue weighted by molar-refractivity contribution is 5.85. The van der Waals surface area contributed by atoms with E-state index in [0.29, 0.717) is 12.5 Å². The van der Waals surface area contributed by atoms with Crippen molar-refractivity contribution in [3.8, 4) is 0 Å². The number of carbonyl (C=O) groups is 1. The van der Waals surface area contributed by atoms with Crippen molar-refractivity contribution in [1.82, 2.24) is 5.32 Å². The molecule has 1 aliphatic heterocycles. The topological polar surface area (TPSA) is 64.4 Å². The zero-order chi connectivity index (χ0) is 12.0. The summed E-state index contributed by atoms with van der Waals surface area (Å²) < 4.78 is 5.34. The maximum absolute atomic E-state index is 11.8. The molecule has 5 heteroatoms. The Morgan fingerprint density at radius 3 is 2.53 bits per heavy atom. The minimum Gasteiger partial charge on any atom is -0.381 e. The van der Waals surface area contributed by atoms with Crippen LogP contribution >= 0.6 is 12.4 Å². The predicted octanol–water partition coefficient (Wildman–Crippen LogP) is 1.32. The molecule has 4 nitrogen and oxygen atoms in total. The van der Waals surface area contributed by atoms with Gasteiger partial charge >= 0.3 is 0 Å². The van der Waals surface area contributed by atoms with E-state index in [-0.39, 0.29) is 30.3 Å². The van der Waals surface area contributed by atoms with Gasteiger partial charge in [-0.05, 0) is 25.2 Å². The first-order valence-corrected chi connectivity index (χ1v) is 6.27. The number of rotatable bonds is 5. The number of carbonyl (C=O) groups excluding carboxylic acids is 1. The number of hydrogen-bond donors (Lipinski definition) is 2. The van der Waals surface area contributed by atoms with Crippen LogP contribution in [0.4, 0.5) is 0 Å². The highest BCUT2D eigenvalue weighted by atomic mass is 35.5. The fourth-order valence-electron chi connectivity index (χ4n) is 2.10. The monoisotopic (exact) mass is 264 g/mol. The lowest BCUT2D eigenvalue weighted by molar-refractivity contribution is -0.125. The molecule has 1 amide bonds. The van der Waals surface area contributed by atoms with Gasteiger partial charge in [0, 0.05) is 31.7 Å². The number of nitrogens with one attached hydrogen (secondary N) is 1. The van der Waals surface area contributed by atoms with Gasteiger partial charge in [0.15, 0.2) is 0 Å². The van der Waals surface area contributed by atoms with Gasteiger partial charge < -0.3 is 15.8 Å². The average Bonchev–Trinajstić information content (AvgIpc) is 2.35. The Labute approximate surface area is 110 Å². The van der Waals surface area contributed by atoms with E-state index in [0.717, 1.165) is 32.5 Å². The van der Waals surface area contributed by atoms with E-state index in [1.54, 1.807) is 0 Å². The van der Waals surface area contributed by atoms with Crippen molar-refractivity contribution in [2.75, 3.05) is 19.8 Å². The summed E-state index contributed by atoms with van der Waals surface area (Å²) in [5.74, 6) is 0.558. The van der Waals surface area contributed by atoms with E-state index in [1.807, 2.05) is 6.92 Å². The number of halogens is 1. The lowest BCUT2D eigenvalue weighted by Gasteiger charge is -2.31.